The SMILES string of the molecule is CC1(C)CC1c1nnc(I)s1. The predicted molar refractivity (Wildman–Crippen MR) is 53.8 cm³/mol. The maximum Gasteiger partial charge on any atom is 0.178 e. The molecular weight excluding hydrogens is 271 g/mol. The van der Waals surface area contributed by atoms with E-state index in [-0.39, 0.29) is 0 Å². The van der Waals surface area contributed by atoms with Crippen LogP contribution in [0.4, 0.5) is 0 Å². The highest BCUT2D eigenvalue weighted by molar-refractivity contribution is 14.1. The highest BCUT2D eigenvalue weighted by atomic mass is 127. The van der Waals surface area contributed by atoms with E-state index in [9.17, 15) is 0 Å². The predicted octanol–water partition coefficient (Wildman–Crippen LogP) is 2.66. The van der Waals surface area contributed by atoms with E-state index in [2.05, 4.69) is 46.6 Å². The van der Waals surface area contributed by atoms with Gasteiger partial charge in [0.15, 0.2) is 3.01 Å². The standard InChI is InChI=1S/C7H9IN2S/c1-7(2)3-4(7)5-9-10-6(8)11-5/h4H,3H2,1-2H3. The summed E-state index contributed by atoms with van der Waals surface area (Å²) in [6.07, 6.45) is 1.28. The zero-order valence-electron chi connectivity index (χ0n) is 6.47. The van der Waals surface area contributed by atoms with Crippen molar-refractivity contribution in [1.82, 2.24) is 10.2 Å². The van der Waals surface area contributed by atoms with E-state index < -0.39 is 0 Å². The molecule has 0 spiro atoms. The number of rotatable bonds is 1. The fourth-order valence-electron chi connectivity index (χ4n) is 1.25. The minimum atomic E-state index is 0.489. The molecule has 0 saturated heterocycles. The van der Waals surface area contributed by atoms with Crippen LogP contribution < -0.4 is 0 Å². The molecule has 1 heterocycles. The summed E-state index contributed by atoms with van der Waals surface area (Å²) in [6.45, 7) is 4.57. The molecular formula is C7H9IN2S. The average Bonchev–Trinajstić information content (AvgIpc) is 2.39. The van der Waals surface area contributed by atoms with Crippen molar-refractivity contribution in [3.05, 3.63) is 8.02 Å². The number of hydrogen-bond donors (Lipinski definition) is 0. The molecule has 1 unspecified atom stereocenters. The summed E-state index contributed by atoms with van der Waals surface area (Å²) in [5.41, 5.74) is 0.489. The van der Waals surface area contributed by atoms with Crippen LogP contribution in [0.5, 0.6) is 0 Å². The number of hydrogen-bond acceptors (Lipinski definition) is 3. The van der Waals surface area contributed by atoms with Gasteiger partial charge in [0, 0.05) is 5.92 Å². The van der Waals surface area contributed by atoms with Gasteiger partial charge < -0.3 is 0 Å². The molecule has 0 bridgehead atoms. The van der Waals surface area contributed by atoms with Gasteiger partial charge in [0.25, 0.3) is 0 Å². The Kier molecular flexibility index (Phi) is 1.72. The summed E-state index contributed by atoms with van der Waals surface area (Å²) in [5.74, 6) is 0.684. The van der Waals surface area contributed by atoms with Crippen molar-refractivity contribution in [2.75, 3.05) is 0 Å². The lowest BCUT2D eigenvalue weighted by Gasteiger charge is -1.96. The quantitative estimate of drug-likeness (QED) is 0.739. The van der Waals surface area contributed by atoms with Gasteiger partial charge in [-0.1, -0.05) is 25.2 Å². The van der Waals surface area contributed by atoms with Gasteiger partial charge in [-0.3, -0.25) is 0 Å². The van der Waals surface area contributed by atoms with E-state index in [4.69, 9.17) is 0 Å². The topological polar surface area (TPSA) is 25.8 Å². The summed E-state index contributed by atoms with van der Waals surface area (Å²) >= 11 is 3.94. The second-order valence-electron chi connectivity index (χ2n) is 3.64. The van der Waals surface area contributed by atoms with Gasteiger partial charge in [-0.2, -0.15) is 0 Å². The molecule has 2 nitrogen and oxygen atoms in total. The first kappa shape index (κ1) is 7.91. The van der Waals surface area contributed by atoms with Crippen molar-refractivity contribution in [2.45, 2.75) is 26.2 Å². The first-order chi connectivity index (χ1) is 5.09. The highest BCUT2D eigenvalue weighted by Gasteiger charge is 2.48. The Balaban J connectivity index is 2.20. The fraction of sp³-hybridized carbons (Fsp3) is 0.714. The molecule has 0 N–H and O–H groups in total. The van der Waals surface area contributed by atoms with Crippen LogP contribution in [-0.2, 0) is 0 Å². The van der Waals surface area contributed by atoms with E-state index >= 15 is 0 Å². The van der Waals surface area contributed by atoms with Crippen LogP contribution in [0.25, 0.3) is 0 Å². The first-order valence-corrected chi connectivity index (χ1v) is 5.48. The Morgan fingerprint density at radius 2 is 2.18 bits per heavy atom. The second kappa shape index (κ2) is 2.39. The van der Waals surface area contributed by atoms with E-state index in [0.717, 1.165) is 3.01 Å². The molecule has 1 aliphatic rings. The summed E-state index contributed by atoms with van der Waals surface area (Å²) in [4.78, 5) is 0. The Morgan fingerprint density at radius 3 is 2.55 bits per heavy atom. The van der Waals surface area contributed by atoms with Crippen LogP contribution in [0.3, 0.4) is 0 Å². The van der Waals surface area contributed by atoms with Gasteiger partial charge in [-0.25, -0.2) is 0 Å². The lowest BCUT2D eigenvalue weighted by atomic mass is 10.1. The Morgan fingerprint density at radius 1 is 1.55 bits per heavy atom. The van der Waals surface area contributed by atoms with E-state index in [0.29, 0.717) is 11.3 Å². The Hall–Kier alpha value is 0.290. The van der Waals surface area contributed by atoms with Crippen molar-refractivity contribution in [2.24, 2.45) is 5.41 Å². The summed E-state index contributed by atoms with van der Waals surface area (Å²) in [5, 5.41) is 9.35. The third-order valence-corrected chi connectivity index (χ3v) is 3.93. The molecule has 60 valence electrons. The van der Waals surface area contributed by atoms with Gasteiger partial charge in [-0.05, 0) is 34.4 Å². The van der Waals surface area contributed by atoms with Crippen molar-refractivity contribution in [3.63, 3.8) is 0 Å². The maximum absolute atomic E-state index is 4.13. The Labute approximate surface area is 83.6 Å². The third kappa shape index (κ3) is 1.42. The summed E-state index contributed by atoms with van der Waals surface area (Å²) in [6, 6.07) is 0. The third-order valence-electron chi connectivity index (χ3n) is 2.23. The fourth-order valence-corrected chi connectivity index (χ4v) is 2.91. The van der Waals surface area contributed by atoms with Crippen LogP contribution in [0.2, 0.25) is 0 Å². The smallest absolute Gasteiger partial charge is 0.142 e. The first-order valence-electron chi connectivity index (χ1n) is 3.58. The number of nitrogens with zero attached hydrogens (tertiary/aromatic N) is 2. The van der Waals surface area contributed by atoms with Crippen LogP contribution in [-0.4, -0.2) is 10.2 Å². The van der Waals surface area contributed by atoms with Crippen LogP contribution in [0, 0.1) is 8.43 Å². The van der Waals surface area contributed by atoms with E-state index in [1.165, 1.54) is 11.4 Å². The monoisotopic (exact) mass is 280 g/mol. The molecule has 4 heteroatoms. The minimum Gasteiger partial charge on any atom is -0.142 e. The van der Waals surface area contributed by atoms with Gasteiger partial charge >= 0.3 is 0 Å². The Bertz CT molecular complexity index is 282. The van der Waals surface area contributed by atoms with Crippen molar-refractivity contribution >= 4 is 33.9 Å². The molecule has 0 aliphatic heterocycles. The molecule has 11 heavy (non-hydrogen) atoms. The summed E-state index contributed by atoms with van der Waals surface area (Å²) < 4.78 is 1.06. The van der Waals surface area contributed by atoms with Gasteiger partial charge in [0.1, 0.15) is 5.01 Å². The molecule has 0 amide bonds. The zero-order valence-corrected chi connectivity index (χ0v) is 9.44. The van der Waals surface area contributed by atoms with Crippen molar-refractivity contribution in [3.8, 4) is 0 Å². The van der Waals surface area contributed by atoms with Crippen molar-refractivity contribution in [1.29, 1.82) is 0 Å². The minimum absolute atomic E-state index is 0.489. The van der Waals surface area contributed by atoms with E-state index in [1.807, 2.05) is 0 Å². The molecule has 1 atom stereocenters. The second-order valence-corrected chi connectivity index (χ2v) is 6.40. The number of aromatic nitrogens is 2. The lowest BCUT2D eigenvalue weighted by molar-refractivity contribution is 0.618. The van der Waals surface area contributed by atoms with Gasteiger partial charge in [0.05, 0.1) is 0 Å². The van der Waals surface area contributed by atoms with E-state index in [1.54, 1.807) is 11.3 Å². The lowest BCUT2D eigenvalue weighted by Crippen LogP contribution is -1.88. The molecule has 1 aromatic rings. The number of halogens is 1. The largest absolute Gasteiger partial charge is 0.178 e. The maximum atomic E-state index is 4.13. The summed E-state index contributed by atoms with van der Waals surface area (Å²) in [7, 11) is 0. The molecule has 2 rings (SSSR count). The normalized spacial score (nSPS) is 27.0. The highest BCUT2D eigenvalue weighted by Crippen LogP contribution is 2.58. The molecule has 1 saturated carbocycles. The average molecular weight is 280 g/mol. The van der Waals surface area contributed by atoms with Crippen LogP contribution in [0.1, 0.15) is 31.2 Å². The van der Waals surface area contributed by atoms with Gasteiger partial charge in [0.2, 0.25) is 0 Å². The van der Waals surface area contributed by atoms with Crippen molar-refractivity contribution < 1.29 is 0 Å². The van der Waals surface area contributed by atoms with Gasteiger partial charge in [-0.15, -0.1) is 10.2 Å². The van der Waals surface area contributed by atoms with Crippen LogP contribution in [0.15, 0.2) is 0 Å². The molecule has 1 aromatic heterocycles. The molecule has 1 aliphatic carbocycles. The molecule has 0 aromatic carbocycles. The molecule has 1 fully saturated rings. The molecule has 0 radical (unpaired) electrons. The van der Waals surface area contributed by atoms with Crippen LogP contribution >= 0.6 is 33.9 Å². The zero-order chi connectivity index (χ0) is 8.06.